The Morgan fingerprint density at radius 2 is 1.93 bits per heavy atom. The van der Waals surface area contributed by atoms with Crippen LogP contribution in [0.1, 0.15) is 0 Å². The number of methoxy groups -OCH3 is 1. The molecule has 2 rings (SSSR count). The van der Waals surface area contributed by atoms with Gasteiger partial charge in [-0.1, -0.05) is 0 Å². The number of imidazole rings is 1. The van der Waals surface area contributed by atoms with Crippen LogP contribution in [-0.2, 0) is 0 Å². The molecule has 0 saturated carbocycles. The first-order chi connectivity index (χ1) is 7.22. The van der Waals surface area contributed by atoms with Gasteiger partial charge in [0.1, 0.15) is 0 Å². The van der Waals surface area contributed by atoms with Gasteiger partial charge in [-0.3, -0.25) is 0 Å². The monoisotopic (exact) mass is 210 g/mol. The summed E-state index contributed by atoms with van der Waals surface area (Å²) >= 11 is 0. The second-order valence-corrected chi connectivity index (χ2v) is 2.91. The Morgan fingerprint density at radius 3 is 2.40 bits per heavy atom. The number of ether oxygens (including phenoxy) is 1. The smallest absolute Gasteiger partial charge is 0.190 e. The third kappa shape index (κ3) is 1.68. The van der Waals surface area contributed by atoms with Crippen LogP contribution in [0.5, 0.6) is 5.75 Å². The number of hydrogen-bond donors (Lipinski definition) is 0. The first kappa shape index (κ1) is 9.64. The first-order valence-corrected chi connectivity index (χ1v) is 4.23. The van der Waals surface area contributed by atoms with E-state index in [1.165, 1.54) is 36.3 Å². The minimum absolute atomic E-state index is 0.364. The molecule has 0 atom stereocenters. The summed E-state index contributed by atoms with van der Waals surface area (Å²) in [7, 11) is 1.22. The van der Waals surface area contributed by atoms with Gasteiger partial charge in [-0.25, -0.2) is 13.8 Å². The molecule has 3 nitrogen and oxygen atoms in total. The van der Waals surface area contributed by atoms with Gasteiger partial charge in [0.25, 0.3) is 0 Å². The highest BCUT2D eigenvalue weighted by molar-refractivity contribution is 5.39. The highest BCUT2D eigenvalue weighted by Gasteiger charge is 2.11. The predicted molar refractivity (Wildman–Crippen MR) is 50.0 cm³/mol. The van der Waals surface area contributed by atoms with E-state index < -0.39 is 11.6 Å². The van der Waals surface area contributed by atoms with Gasteiger partial charge in [0.05, 0.1) is 19.1 Å². The van der Waals surface area contributed by atoms with Crippen LogP contribution >= 0.6 is 0 Å². The van der Waals surface area contributed by atoms with Crippen molar-refractivity contribution in [1.29, 1.82) is 0 Å². The zero-order valence-corrected chi connectivity index (χ0v) is 7.95. The molecule has 0 spiro atoms. The Morgan fingerprint density at radius 1 is 1.27 bits per heavy atom. The lowest BCUT2D eigenvalue weighted by atomic mass is 10.2. The summed E-state index contributed by atoms with van der Waals surface area (Å²) in [5, 5.41) is 0. The van der Waals surface area contributed by atoms with E-state index >= 15 is 0 Å². The van der Waals surface area contributed by atoms with Gasteiger partial charge >= 0.3 is 0 Å². The molecule has 0 radical (unpaired) electrons. The standard InChI is InChI=1S/C10H8F2N2O/c1-15-10-8(11)4-7(5-9(10)12)14-3-2-13-6-14/h2-6H,1H3. The van der Waals surface area contributed by atoms with Gasteiger partial charge in [-0.2, -0.15) is 0 Å². The molecule has 1 aromatic carbocycles. The minimum Gasteiger partial charge on any atom is -0.491 e. The molecular formula is C10H8F2N2O. The maximum absolute atomic E-state index is 13.3. The number of aromatic nitrogens is 2. The Bertz CT molecular complexity index is 445. The molecule has 0 N–H and O–H groups in total. The molecule has 2 aromatic rings. The maximum atomic E-state index is 13.3. The van der Waals surface area contributed by atoms with Crippen molar-refractivity contribution < 1.29 is 13.5 Å². The van der Waals surface area contributed by atoms with Crippen LogP contribution in [0.2, 0.25) is 0 Å². The lowest BCUT2D eigenvalue weighted by molar-refractivity contribution is 0.359. The van der Waals surface area contributed by atoms with Crippen molar-refractivity contribution in [3.63, 3.8) is 0 Å². The summed E-state index contributed by atoms with van der Waals surface area (Å²) in [4.78, 5) is 3.79. The fourth-order valence-corrected chi connectivity index (χ4v) is 1.30. The molecule has 0 unspecified atom stereocenters. The van der Waals surface area contributed by atoms with E-state index in [1.807, 2.05) is 0 Å². The summed E-state index contributed by atoms with van der Waals surface area (Å²) in [6.07, 6.45) is 4.58. The molecule has 0 fully saturated rings. The summed E-state index contributed by atoms with van der Waals surface area (Å²) in [5.74, 6) is -1.85. The van der Waals surface area contributed by atoms with Gasteiger partial charge in [0.2, 0.25) is 0 Å². The van der Waals surface area contributed by atoms with E-state index in [0.29, 0.717) is 5.69 Å². The van der Waals surface area contributed by atoms with E-state index in [0.717, 1.165) is 0 Å². The predicted octanol–water partition coefficient (Wildman–Crippen LogP) is 2.16. The molecule has 0 saturated heterocycles. The fraction of sp³-hybridized carbons (Fsp3) is 0.100. The number of benzene rings is 1. The molecular weight excluding hydrogens is 202 g/mol. The maximum Gasteiger partial charge on any atom is 0.190 e. The summed E-state index contributed by atoms with van der Waals surface area (Å²) in [6.45, 7) is 0. The Hall–Kier alpha value is -1.91. The second kappa shape index (κ2) is 3.68. The normalized spacial score (nSPS) is 10.3. The topological polar surface area (TPSA) is 27.1 Å². The summed E-state index contributed by atoms with van der Waals surface area (Å²) < 4.78 is 32.7. The van der Waals surface area contributed by atoms with Crippen molar-refractivity contribution in [2.45, 2.75) is 0 Å². The van der Waals surface area contributed by atoms with Crippen molar-refractivity contribution in [2.24, 2.45) is 0 Å². The van der Waals surface area contributed by atoms with Gasteiger partial charge in [-0.05, 0) is 0 Å². The fourth-order valence-electron chi connectivity index (χ4n) is 1.30. The number of rotatable bonds is 2. The molecule has 1 heterocycles. The van der Waals surface area contributed by atoms with Crippen molar-refractivity contribution in [2.75, 3.05) is 7.11 Å². The molecule has 78 valence electrons. The third-order valence-corrected chi connectivity index (χ3v) is 1.99. The lowest BCUT2D eigenvalue weighted by Gasteiger charge is -2.07. The van der Waals surface area contributed by atoms with E-state index in [1.54, 1.807) is 6.20 Å². The largest absolute Gasteiger partial charge is 0.491 e. The van der Waals surface area contributed by atoms with Gasteiger partial charge in [-0.15, -0.1) is 0 Å². The first-order valence-electron chi connectivity index (χ1n) is 4.23. The van der Waals surface area contributed by atoms with Crippen molar-refractivity contribution >= 4 is 0 Å². The highest BCUT2D eigenvalue weighted by atomic mass is 19.1. The average Bonchev–Trinajstić information content (AvgIpc) is 2.69. The van der Waals surface area contributed by atoms with Crippen LogP contribution in [0, 0.1) is 11.6 Å². The van der Waals surface area contributed by atoms with Crippen LogP contribution in [0.4, 0.5) is 8.78 Å². The Labute approximate surface area is 84.9 Å². The van der Waals surface area contributed by atoms with E-state index in [4.69, 9.17) is 0 Å². The van der Waals surface area contributed by atoms with Crippen LogP contribution in [-0.4, -0.2) is 16.7 Å². The Balaban J connectivity index is 2.53. The van der Waals surface area contributed by atoms with Crippen molar-refractivity contribution in [3.8, 4) is 11.4 Å². The van der Waals surface area contributed by atoms with E-state index in [2.05, 4.69) is 9.72 Å². The molecule has 15 heavy (non-hydrogen) atoms. The van der Waals surface area contributed by atoms with E-state index in [9.17, 15) is 8.78 Å². The molecule has 0 aliphatic heterocycles. The van der Waals surface area contributed by atoms with Gasteiger partial charge < -0.3 is 9.30 Å². The zero-order valence-electron chi connectivity index (χ0n) is 7.95. The quantitative estimate of drug-likeness (QED) is 0.759. The number of halogens is 2. The second-order valence-electron chi connectivity index (χ2n) is 2.91. The summed E-state index contributed by atoms with van der Waals surface area (Å²) in [5.41, 5.74) is 0.364. The molecule has 0 aliphatic rings. The number of nitrogens with zero attached hydrogens (tertiary/aromatic N) is 2. The van der Waals surface area contributed by atoms with Crippen LogP contribution < -0.4 is 4.74 Å². The molecule has 0 bridgehead atoms. The third-order valence-electron chi connectivity index (χ3n) is 1.99. The van der Waals surface area contributed by atoms with Crippen LogP contribution in [0.15, 0.2) is 30.9 Å². The number of hydrogen-bond acceptors (Lipinski definition) is 2. The SMILES string of the molecule is COc1c(F)cc(-n2ccnc2)cc1F. The molecule has 5 heteroatoms. The summed E-state index contributed by atoms with van der Waals surface area (Å²) in [6, 6.07) is 2.37. The lowest BCUT2D eigenvalue weighted by Crippen LogP contribution is -1.97. The minimum atomic E-state index is -0.735. The molecule has 1 aromatic heterocycles. The van der Waals surface area contributed by atoms with Gasteiger partial charge in [0, 0.05) is 24.5 Å². The van der Waals surface area contributed by atoms with Crippen LogP contribution in [0.3, 0.4) is 0 Å². The van der Waals surface area contributed by atoms with Crippen LogP contribution in [0.25, 0.3) is 5.69 Å². The Kier molecular flexibility index (Phi) is 2.37. The van der Waals surface area contributed by atoms with Crippen molar-refractivity contribution in [3.05, 3.63) is 42.5 Å². The molecule has 0 amide bonds. The van der Waals surface area contributed by atoms with E-state index in [-0.39, 0.29) is 5.75 Å². The molecule has 0 aliphatic carbocycles. The van der Waals surface area contributed by atoms with Gasteiger partial charge in [0.15, 0.2) is 17.4 Å². The van der Waals surface area contributed by atoms with Crippen molar-refractivity contribution in [1.82, 2.24) is 9.55 Å². The zero-order chi connectivity index (χ0) is 10.8. The highest BCUT2D eigenvalue weighted by Crippen LogP contribution is 2.24. The average molecular weight is 210 g/mol.